The zero-order chi connectivity index (χ0) is 19.1. The van der Waals surface area contributed by atoms with Gasteiger partial charge in [0.2, 0.25) is 0 Å². The third-order valence-corrected chi connectivity index (χ3v) is 5.14. The number of likely N-dealkylation sites (tertiary alicyclic amines) is 1. The average Bonchev–Trinajstić information content (AvgIpc) is 2.73. The van der Waals surface area contributed by atoms with Crippen LogP contribution in [0, 0.1) is 0 Å². The van der Waals surface area contributed by atoms with E-state index in [1.165, 1.54) is 37.9 Å². The highest BCUT2D eigenvalue weighted by atomic mass is 16.5. The summed E-state index contributed by atoms with van der Waals surface area (Å²) < 4.78 is 10.5. The lowest BCUT2D eigenvalue weighted by Crippen LogP contribution is -3.11. The van der Waals surface area contributed by atoms with Crippen molar-refractivity contribution >= 4 is 5.91 Å². The van der Waals surface area contributed by atoms with Crippen LogP contribution in [0.25, 0.3) is 0 Å². The lowest BCUT2D eigenvalue weighted by Gasteiger charge is -2.23. The van der Waals surface area contributed by atoms with Gasteiger partial charge in [-0.25, -0.2) is 0 Å². The molecule has 1 aliphatic heterocycles. The second kappa shape index (κ2) is 9.42. The number of piperidine rings is 1. The topological polar surface area (TPSA) is 52.0 Å². The summed E-state index contributed by atoms with van der Waals surface area (Å²) >= 11 is 0. The molecule has 2 aromatic carbocycles. The van der Waals surface area contributed by atoms with Crippen LogP contribution in [0.2, 0.25) is 0 Å². The molecular weight excluding hydrogens is 340 g/mol. The molecule has 3 rings (SSSR count). The standard InChI is InChI=1S/C22H28N2O3/c1-26-19-10-11-20(21(14-19)27-2)22(25)23-15-17-6-8-18(9-7-17)16-24-12-4-3-5-13-24/h6-11,14H,3-5,12-13,15-16H2,1-2H3,(H,23,25)/p+1. The molecule has 5 heteroatoms. The third-order valence-electron chi connectivity index (χ3n) is 5.14. The Labute approximate surface area is 161 Å². The minimum atomic E-state index is -0.156. The molecule has 1 amide bonds. The number of ether oxygens (including phenoxy) is 2. The van der Waals surface area contributed by atoms with E-state index in [9.17, 15) is 4.79 Å². The number of benzene rings is 2. The Bertz CT molecular complexity index is 753. The van der Waals surface area contributed by atoms with Crippen molar-refractivity contribution in [2.24, 2.45) is 0 Å². The summed E-state index contributed by atoms with van der Waals surface area (Å²) in [6.07, 6.45) is 4.06. The fraction of sp³-hybridized carbons (Fsp3) is 0.409. The normalized spacial score (nSPS) is 14.6. The number of hydrogen-bond donors (Lipinski definition) is 2. The lowest BCUT2D eigenvalue weighted by atomic mass is 10.1. The molecule has 1 fully saturated rings. The van der Waals surface area contributed by atoms with Crippen LogP contribution in [0.4, 0.5) is 0 Å². The summed E-state index contributed by atoms with van der Waals surface area (Å²) in [6.45, 7) is 4.14. The van der Waals surface area contributed by atoms with Crippen molar-refractivity contribution in [1.29, 1.82) is 0 Å². The highest BCUT2D eigenvalue weighted by Crippen LogP contribution is 2.24. The van der Waals surface area contributed by atoms with Crippen LogP contribution < -0.4 is 19.7 Å². The number of hydrogen-bond acceptors (Lipinski definition) is 3. The largest absolute Gasteiger partial charge is 0.497 e. The first-order chi connectivity index (χ1) is 13.2. The van der Waals surface area contributed by atoms with Crippen LogP contribution in [-0.2, 0) is 13.1 Å². The van der Waals surface area contributed by atoms with E-state index < -0.39 is 0 Å². The minimum Gasteiger partial charge on any atom is -0.497 e. The van der Waals surface area contributed by atoms with Gasteiger partial charge in [-0.1, -0.05) is 24.3 Å². The van der Waals surface area contributed by atoms with Crippen molar-refractivity contribution in [2.45, 2.75) is 32.4 Å². The zero-order valence-corrected chi connectivity index (χ0v) is 16.2. The summed E-state index contributed by atoms with van der Waals surface area (Å²) in [5.74, 6) is 1.01. The Morgan fingerprint density at radius 3 is 2.33 bits per heavy atom. The van der Waals surface area contributed by atoms with Gasteiger partial charge in [0.05, 0.1) is 32.9 Å². The molecule has 2 aromatic rings. The smallest absolute Gasteiger partial charge is 0.255 e. The molecule has 1 aliphatic rings. The molecule has 0 spiro atoms. The molecule has 0 aliphatic carbocycles. The minimum absolute atomic E-state index is 0.156. The van der Waals surface area contributed by atoms with Crippen LogP contribution in [0.1, 0.15) is 40.7 Å². The van der Waals surface area contributed by atoms with Crippen molar-refractivity contribution < 1.29 is 19.2 Å². The molecule has 1 saturated heterocycles. The van der Waals surface area contributed by atoms with Crippen LogP contribution in [0.5, 0.6) is 11.5 Å². The molecule has 27 heavy (non-hydrogen) atoms. The molecule has 0 radical (unpaired) electrons. The van der Waals surface area contributed by atoms with Gasteiger partial charge in [0.25, 0.3) is 5.91 Å². The van der Waals surface area contributed by atoms with Crippen LogP contribution in [0.3, 0.4) is 0 Å². The molecule has 144 valence electrons. The second-order valence-corrected chi connectivity index (χ2v) is 7.05. The molecule has 0 unspecified atom stereocenters. The van der Waals surface area contributed by atoms with Crippen molar-refractivity contribution in [3.63, 3.8) is 0 Å². The Kier molecular flexibility index (Phi) is 6.71. The van der Waals surface area contributed by atoms with Crippen molar-refractivity contribution in [3.05, 3.63) is 59.2 Å². The third kappa shape index (κ3) is 5.23. The number of amides is 1. The van der Waals surface area contributed by atoms with Crippen LogP contribution in [0.15, 0.2) is 42.5 Å². The van der Waals surface area contributed by atoms with E-state index in [0.717, 1.165) is 12.1 Å². The number of nitrogens with one attached hydrogen (secondary N) is 2. The van der Waals surface area contributed by atoms with Gasteiger partial charge in [-0.2, -0.15) is 0 Å². The first-order valence-electron chi connectivity index (χ1n) is 9.61. The van der Waals surface area contributed by atoms with Crippen molar-refractivity contribution in [2.75, 3.05) is 27.3 Å². The predicted octanol–water partition coefficient (Wildman–Crippen LogP) is 2.20. The maximum absolute atomic E-state index is 12.5. The zero-order valence-electron chi connectivity index (χ0n) is 16.2. The van der Waals surface area contributed by atoms with Gasteiger partial charge in [0, 0.05) is 18.2 Å². The SMILES string of the molecule is COc1ccc(C(=O)NCc2ccc(C[NH+]3CCCCC3)cc2)c(OC)c1. The van der Waals surface area contributed by atoms with E-state index in [1.54, 1.807) is 37.3 Å². The second-order valence-electron chi connectivity index (χ2n) is 7.05. The number of carbonyl (C=O) groups is 1. The number of methoxy groups -OCH3 is 2. The van der Waals surface area contributed by atoms with E-state index in [-0.39, 0.29) is 5.91 Å². The Hall–Kier alpha value is -2.53. The number of carbonyl (C=O) groups excluding carboxylic acids is 1. The van der Waals surface area contributed by atoms with Crippen molar-refractivity contribution in [1.82, 2.24) is 5.32 Å². The van der Waals surface area contributed by atoms with Gasteiger partial charge >= 0.3 is 0 Å². The molecule has 0 atom stereocenters. The van der Waals surface area contributed by atoms with Gasteiger partial charge in [-0.15, -0.1) is 0 Å². The Morgan fingerprint density at radius 1 is 0.963 bits per heavy atom. The van der Waals surface area contributed by atoms with Gasteiger partial charge in [-0.05, 0) is 37.0 Å². The lowest BCUT2D eigenvalue weighted by molar-refractivity contribution is -0.918. The van der Waals surface area contributed by atoms with Gasteiger partial charge in [0.15, 0.2) is 0 Å². The van der Waals surface area contributed by atoms with E-state index >= 15 is 0 Å². The average molecular weight is 369 g/mol. The summed E-state index contributed by atoms with van der Waals surface area (Å²) in [5, 5.41) is 2.96. The summed E-state index contributed by atoms with van der Waals surface area (Å²) in [6, 6.07) is 13.8. The van der Waals surface area contributed by atoms with Crippen LogP contribution in [-0.4, -0.2) is 33.2 Å². The maximum Gasteiger partial charge on any atom is 0.255 e. The molecule has 0 saturated carbocycles. The molecule has 0 bridgehead atoms. The van der Waals surface area contributed by atoms with Gasteiger partial charge in [0.1, 0.15) is 18.0 Å². The molecule has 5 nitrogen and oxygen atoms in total. The summed E-state index contributed by atoms with van der Waals surface area (Å²) in [5.41, 5.74) is 2.95. The molecule has 0 aromatic heterocycles. The Morgan fingerprint density at radius 2 is 1.67 bits per heavy atom. The predicted molar refractivity (Wildman–Crippen MR) is 105 cm³/mol. The highest BCUT2D eigenvalue weighted by molar-refractivity contribution is 5.97. The van der Waals surface area contributed by atoms with E-state index in [4.69, 9.17) is 9.47 Å². The van der Waals surface area contributed by atoms with Gasteiger partial charge in [-0.3, -0.25) is 4.79 Å². The fourth-order valence-electron chi connectivity index (χ4n) is 3.56. The Balaban J connectivity index is 1.55. The van der Waals surface area contributed by atoms with E-state index in [0.29, 0.717) is 23.6 Å². The summed E-state index contributed by atoms with van der Waals surface area (Å²) in [7, 11) is 3.14. The molecule has 1 heterocycles. The van der Waals surface area contributed by atoms with Crippen LogP contribution >= 0.6 is 0 Å². The summed E-state index contributed by atoms with van der Waals surface area (Å²) in [4.78, 5) is 14.2. The van der Waals surface area contributed by atoms with E-state index in [2.05, 4.69) is 29.6 Å². The highest BCUT2D eigenvalue weighted by Gasteiger charge is 2.15. The number of quaternary nitrogens is 1. The molecular formula is C22H29N2O3+. The van der Waals surface area contributed by atoms with Gasteiger partial charge < -0.3 is 19.7 Å². The van der Waals surface area contributed by atoms with Crippen molar-refractivity contribution in [3.8, 4) is 11.5 Å². The molecule has 2 N–H and O–H groups in total. The van der Waals surface area contributed by atoms with E-state index in [1.807, 2.05) is 0 Å². The number of rotatable bonds is 7. The monoisotopic (exact) mass is 369 g/mol. The fourth-order valence-corrected chi connectivity index (χ4v) is 3.56. The first kappa shape index (κ1) is 19.2. The quantitative estimate of drug-likeness (QED) is 0.787. The maximum atomic E-state index is 12.5. The first-order valence-corrected chi connectivity index (χ1v) is 9.61.